The minimum absolute atomic E-state index is 0.158. The maximum absolute atomic E-state index is 12.2. The van der Waals surface area contributed by atoms with Gasteiger partial charge in [-0.3, -0.25) is 4.79 Å². The molecule has 1 aromatic rings. The molecule has 1 N–H and O–H groups in total. The summed E-state index contributed by atoms with van der Waals surface area (Å²) in [5.74, 6) is 3.84. The Labute approximate surface area is 124 Å². The fraction of sp³-hybridized carbons (Fsp3) is 0.600. The smallest absolute Gasteiger partial charge is 0.292 e. The molecule has 1 aromatic heterocycles. The third-order valence-electron chi connectivity index (χ3n) is 3.94. The normalized spacial score (nSPS) is 22.2. The minimum atomic E-state index is -0.250. The van der Waals surface area contributed by atoms with Gasteiger partial charge in [0, 0.05) is 6.54 Å². The van der Waals surface area contributed by atoms with Gasteiger partial charge in [-0.05, 0) is 24.7 Å². The monoisotopic (exact) mass is 293 g/mol. The van der Waals surface area contributed by atoms with Gasteiger partial charge in [0.25, 0.3) is 5.56 Å². The summed E-state index contributed by atoms with van der Waals surface area (Å²) in [6.07, 6.45) is 11.6. The third kappa shape index (κ3) is 3.55. The maximum atomic E-state index is 12.2. The predicted octanol–water partition coefficient (Wildman–Crippen LogP) is 2.77. The lowest BCUT2D eigenvalue weighted by Crippen LogP contribution is -2.28. The van der Waals surface area contributed by atoms with Crippen LogP contribution in [-0.4, -0.2) is 16.3 Å². The number of terminal acetylenes is 1. The van der Waals surface area contributed by atoms with E-state index in [1.165, 1.54) is 36.6 Å². The van der Waals surface area contributed by atoms with Crippen LogP contribution in [0.4, 0.5) is 5.69 Å². The highest BCUT2D eigenvalue weighted by molar-refractivity contribution is 6.32. The van der Waals surface area contributed by atoms with Crippen LogP contribution in [-0.2, 0) is 6.54 Å². The maximum Gasteiger partial charge on any atom is 0.292 e. The Hall–Kier alpha value is -1.47. The van der Waals surface area contributed by atoms with Gasteiger partial charge < -0.3 is 5.32 Å². The molecule has 20 heavy (non-hydrogen) atoms. The number of nitrogens with one attached hydrogen (secondary N) is 1. The predicted molar refractivity (Wildman–Crippen MR) is 82.0 cm³/mol. The van der Waals surface area contributed by atoms with Crippen molar-refractivity contribution in [3.8, 4) is 12.3 Å². The molecule has 0 unspecified atom stereocenters. The van der Waals surface area contributed by atoms with Crippen molar-refractivity contribution in [3.05, 3.63) is 21.6 Å². The molecular formula is C15H20ClN3O. The molecule has 1 aliphatic carbocycles. The molecule has 1 aliphatic rings. The lowest BCUT2D eigenvalue weighted by molar-refractivity contribution is 0.300. The summed E-state index contributed by atoms with van der Waals surface area (Å²) < 4.78 is 1.25. The van der Waals surface area contributed by atoms with Gasteiger partial charge in [-0.15, -0.1) is 6.42 Å². The van der Waals surface area contributed by atoms with E-state index < -0.39 is 0 Å². The molecule has 2 rings (SSSR count). The first-order valence-electron chi connectivity index (χ1n) is 7.04. The van der Waals surface area contributed by atoms with Crippen molar-refractivity contribution in [2.45, 2.75) is 39.2 Å². The highest BCUT2D eigenvalue weighted by Gasteiger charge is 2.19. The largest absolute Gasteiger partial charge is 0.379 e. The standard InChI is InChI=1S/C15H20ClN3O/c1-3-8-19-15(20)14(13(16)10-18-19)17-9-12-6-4-11(2)5-7-12/h1,10-12,17H,4-9H2,2H3. The van der Waals surface area contributed by atoms with Crippen molar-refractivity contribution in [1.29, 1.82) is 0 Å². The molecule has 0 spiro atoms. The van der Waals surface area contributed by atoms with E-state index >= 15 is 0 Å². The topological polar surface area (TPSA) is 46.9 Å². The minimum Gasteiger partial charge on any atom is -0.379 e. The summed E-state index contributed by atoms with van der Waals surface area (Å²) in [6, 6.07) is 0. The van der Waals surface area contributed by atoms with Gasteiger partial charge in [-0.25, -0.2) is 4.68 Å². The second kappa shape index (κ2) is 6.81. The van der Waals surface area contributed by atoms with Crippen LogP contribution in [0.25, 0.3) is 0 Å². The SMILES string of the molecule is C#CCn1ncc(Cl)c(NCC2CCC(C)CC2)c1=O. The first-order chi connectivity index (χ1) is 9.61. The van der Waals surface area contributed by atoms with Crippen LogP contribution in [0.15, 0.2) is 11.0 Å². The summed E-state index contributed by atoms with van der Waals surface area (Å²) in [5.41, 5.74) is 0.162. The van der Waals surface area contributed by atoms with Crippen LogP contribution in [0.3, 0.4) is 0 Å². The number of hydrogen-bond donors (Lipinski definition) is 1. The van der Waals surface area contributed by atoms with Gasteiger partial charge in [-0.2, -0.15) is 5.10 Å². The average molecular weight is 294 g/mol. The fourth-order valence-electron chi connectivity index (χ4n) is 2.61. The lowest BCUT2D eigenvalue weighted by Gasteiger charge is -2.26. The van der Waals surface area contributed by atoms with E-state index in [0.29, 0.717) is 16.6 Å². The summed E-state index contributed by atoms with van der Waals surface area (Å²) in [7, 11) is 0. The Kier molecular flexibility index (Phi) is 5.08. The molecule has 5 heteroatoms. The fourth-order valence-corrected chi connectivity index (χ4v) is 2.80. The van der Waals surface area contributed by atoms with Gasteiger partial charge in [0.2, 0.25) is 0 Å². The average Bonchev–Trinajstić information content (AvgIpc) is 2.44. The molecule has 1 fully saturated rings. The summed E-state index contributed by atoms with van der Waals surface area (Å²) in [5, 5.41) is 7.47. The van der Waals surface area contributed by atoms with E-state index in [9.17, 15) is 4.79 Å². The summed E-state index contributed by atoms with van der Waals surface area (Å²) in [4.78, 5) is 12.2. The number of rotatable bonds is 4. The zero-order valence-electron chi connectivity index (χ0n) is 11.7. The number of halogens is 1. The van der Waals surface area contributed by atoms with Gasteiger partial charge in [0.15, 0.2) is 0 Å². The highest BCUT2D eigenvalue weighted by atomic mass is 35.5. The van der Waals surface area contributed by atoms with Crippen LogP contribution in [0.5, 0.6) is 0 Å². The number of anilines is 1. The van der Waals surface area contributed by atoms with E-state index in [4.69, 9.17) is 18.0 Å². The number of hydrogen-bond acceptors (Lipinski definition) is 3. The molecular weight excluding hydrogens is 274 g/mol. The van der Waals surface area contributed by atoms with Crippen LogP contribution < -0.4 is 10.9 Å². The van der Waals surface area contributed by atoms with E-state index in [-0.39, 0.29) is 12.1 Å². The van der Waals surface area contributed by atoms with Gasteiger partial charge in [0.1, 0.15) is 12.2 Å². The summed E-state index contributed by atoms with van der Waals surface area (Å²) in [6.45, 7) is 3.23. The van der Waals surface area contributed by atoms with E-state index in [2.05, 4.69) is 23.3 Å². The van der Waals surface area contributed by atoms with Gasteiger partial charge >= 0.3 is 0 Å². The molecule has 0 atom stereocenters. The van der Waals surface area contributed by atoms with Crippen molar-refractivity contribution in [3.63, 3.8) is 0 Å². The Morgan fingerprint density at radius 3 is 2.85 bits per heavy atom. The highest BCUT2D eigenvalue weighted by Crippen LogP contribution is 2.28. The second-order valence-corrected chi connectivity index (χ2v) is 5.95. The Balaban J connectivity index is 2.04. The van der Waals surface area contributed by atoms with Crippen LogP contribution in [0, 0.1) is 24.2 Å². The van der Waals surface area contributed by atoms with Crippen molar-refractivity contribution in [2.24, 2.45) is 11.8 Å². The molecule has 0 saturated heterocycles. The first kappa shape index (κ1) is 14.9. The van der Waals surface area contributed by atoms with Crippen LogP contribution in [0.2, 0.25) is 5.02 Å². The van der Waals surface area contributed by atoms with E-state index in [0.717, 1.165) is 12.5 Å². The van der Waals surface area contributed by atoms with Crippen molar-refractivity contribution in [1.82, 2.24) is 9.78 Å². The van der Waals surface area contributed by atoms with Crippen molar-refractivity contribution in [2.75, 3.05) is 11.9 Å². The molecule has 1 saturated carbocycles. The van der Waals surface area contributed by atoms with E-state index in [1.54, 1.807) is 0 Å². The lowest BCUT2D eigenvalue weighted by atomic mass is 9.83. The quantitative estimate of drug-likeness (QED) is 0.868. The van der Waals surface area contributed by atoms with Gasteiger partial charge in [-0.1, -0.05) is 37.3 Å². The van der Waals surface area contributed by atoms with Crippen molar-refractivity contribution >= 4 is 17.3 Å². The van der Waals surface area contributed by atoms with Crippen LogP contribution >= 0.6 is 11.6 Å². The molecule has 0 aliphatic heterocycles. The third-order valence-corrected chi connectivity index (χ3v) is 4.23. The Morgan fingerprint density at radius 1 is 1.50 bits per heavy atom. The molecule has 108 valence electrons. The Morgan fingerprint density at radius 2 is 2.20 bits per heavy atom. The molecule has 4 nitrogen and oxygen atoms in total. The van der Waals surface area contributed by atoms with E-state index in [1.807, 2.05) is 0 Å². The first-order valence-corrected chi connectivity index (χ1v) is 7.42. The number of aromatic nitrogens is 2. The number of nitrogens with zero attached hydrogens (tertiary/aromatic N) is 2. The zero-order valence-corrected chi connectivity index (χ0v) is 12.5. The van der Waals surface area contributed by atoms with Crippen molar-refractivity contribution < 1.29 is 0 Å². The summed E-state index contributed by atoms with van der Waals surface area (Å²) >= 11 is 6.05. The molecule has 1 heterocycles. The molecule has 0 bridgehead atoms. The van der Waals surface area contributed by atoms with Gasteiger partial charge in [0.05, 0.1) is 11.2 Å². The molecule has 0 radical (unpaired) electrons. The Bertz CT molecular complexity index is 553. The molecule has 0 aromatic carbocycles. The zero-order chi connectivity index (χ0) is 14.5. The molecule has 0 amide bonds. The second-order valence-electron chi connectivity index (χ2n) is 5.54. The van der Waals surface area contributed by atoms with Crippen LogP contribution in [0.1, 0.15) is 32.6 Å².